The van der Waals surface area contributed by atoms with E-state index in [1.165, 1.54) is 6.20 Å². The molecule has 4 rings (SSSR count). The van der Waals surface area contributed by atoms with Gasteiger partial charge in [0.25, 0.3) is 5.56 Å². The molecule has 0 bridgehead atoms. The molecule has 0 spiro atoms. The van der Waals surface area contributed by atoms with Crippen molar-refractivity contribution < 1.29 is 13.2 Å². The molecule has 0 saturated carbocycles. The topological polar surface area (TPSA) is 77.1 Å². The molecule has 0 aliphatic carbocycles. The van der Waals surface area contributed by atoms with Crippen LogP contribution in [0.3, 0.4) is 0 Å². The maximum absolute atomic E-state index is 12.7. The van der Waals surface area contributed by atoms with Gasteiger partial charge in [0, 0.05) is 18.1 Å². The zero-order valence-corrected chi connectivity index (χ0v) is 16.2. The molecule has 1 N–H and O–H groups in total. The molecule has 4 aromatic heterocycles. The van der Waals surface area contributed by atoms with Gasteiger partial charge in [0.05, 0.1) is 29.7 Å². The largest absolute Gasteiger partial charge is 0.417 e. The average molecular weight is 435 g/mol. The molecule has 0 aromatic carbocycles. The monoisotopic (exact) mass is 434 g/mol. The summed E-state index contributed by atoms with van der Waals surface area (Å²) in [5, 5.41) is 6.80. The van der Waals surface area contributed by atoms with Crippen LogP contribution in [0.4, 0.5) is 18.9 Å². The second-order valence-corrected chi connectivity index (χ2v) is 6.85. The second-order valence-electron chi connectivity index (χ2n) is 6.47. The molecule has 7 nitrogen and oxygen atoms in total. The Hall–Kier alpha value is -3.40. The fourth-order valence-corrected chi connectivity index (χ4v) is 3.06. The van der Waals surface area contributed by atoms with Crippen molar-refractivity contribution in [2.24, 2.45) is 0 Å². The number of alkyl halides is 3. The molecule has 154 valence electrons. The number of imidazole rings is 1. The minimum Gasteiger partial charge on any atom is -0.377 e. The van der Waals surface area contributed by atoms with E-state index in [1.54, 1.807) is 0 Å². The molecule has 0 saturated heterocycles. The van der Waals surface area contributed by atoms with E-state index < -0.39 is 17.3 Å². The van der Waals surface area contributed by atoms with Gasteiger partial charge < -0.3 is 9.72 Å². The van der Waals surface area contributed by atoms with Gasteiger partial charge in [-0.15, -0.1) is 0 Å². The third kappa shape index (κ3) is 3.73. The van der Waals surface area contributed by atoms with E-state index in [4.69, 9.17) is 11.6 Å². The lowest BCUT2D eigenvalue weighted by molar-refractivity contribution is -0.137. The number of hydrogen-bond donors (Lipinski definition) is 1. The Kier molecular flexibility index (Phi) is 4.94. The third-order valence-corrected chi connectivity index (χ3v) is 4.78. The molecule has 0 amide bonds. The third-order valence-electron chi connectivity index (χ3n) is 4.42. The zero-order chi connectivity index (χ0) is 21.5. The normalized spacial score (nSPS) is 11.8. The minimum atomic E-state index is -4.52. The van der Waals surface area contributed by atoms with Crippen LogP contribution in [-0.2, 0) is 12.7 Å². The van der Waals surface area contributed by atoms with Crippen LogP contribution in [0, 0.1) is 6.92 Å². The maximum Gasteiger partial charge on any atom is 0.417 e. The molecule has 0 unspecified atom stereocenters. The van der Waals surface area contributed by atoms with Crippen molar-refractivity contribution in [1.82, 2.24) is 24.1 Å². The predicted octanol–water partition coefficient (Wildman–Crippen LogP) is 3.87. The van der Waals surface area contributed by atoms with E-state index in [0.29, 0.717) is 12.7 Å². The van der Waals surface area contributed by atoms with Crippen molar-refractivity contribution in [3.05, 3.63) is 81.3 Å². The molecule has 30 heavy (non-hydrogen) atoms. The first kappa shape index (κ1) is 19.9. The summed E-state index contributed by atoms with van der Waals surface area (Å²) in [7, 11) is 0. The summed E-state index contributed by atoms with van der Waals surface area (Å²) in [5.41, 5.74) is 1.19. The van der Waals surface area contributed by atoms with Crippen LogP contribution < -0.4 is 10.9 Å². The van der Waals surface area contributed by atoms with Crippen LogP contribution in [0.15, 0.2) is 53.7 Å². The van der Waals surface area contributed by atoms with Crippen LogP contribution in [0.25, 0.3) is 11.5 Å². The Morgan fingerprint density at radius 2 is 1.97 bits per heavy atom. The summed E-state index contributed by atoms with van der Waals surface area (Å²) in [5.74, 6) is -0.0720. The lowest BCUT2D eigenvalue weighted by Crippen LogP contribution is -2.23. The van der Waals surface area contributed by atoms with Crippen molar-refractivity contribution in [2.75, 3.05) is 5.32 Å². The van der Waals surface area contributed by atoms with Gasteiger partial charge in [-0.05, 0) is 31.2 Å². The molecule has 0 atom stereocenters. The number of hydrogen-bond acceptors (Lipinski definition) is 5. The summed E-state index contributed by atoms with van der Waals surface area (Å²) in [6, 6.07) is 7.62. The first-order valence-corrected chi connectivity index (χ1v) is 9.11. The SMILES string of the molecule is Cc1cccc2nc(CNc3cnn(-c4ccc(C(F)(F)F)cn4)c(=O)c3Cl)cn12. The number of aromatic nitrogens is 5. The fraction of sp³-hybridized carbons (Fsp3) is 0.158. The van der Waals surface area contributed by atoms with Gasteiger partial charge >= 0.3 is 6.18 Å². The summed E-state index contributed by atoms with van der Waals surface area (Å²) in [6.45, 7) is 2.26. The predicted molar refractivity (Wildman–Crippen MR) is 105 cm³/mol. The lowest BCUT2D eigenvalue weighted by atomic mass is 10.3. The van der Waals surface area contributed by atoms with Gasteiger partial charge in [0.2, 0.25) is 0 Å². The molecular formula is C19H14ClF3N6O. The van der Waals surface area contributed by atoms with Crippen LogP contribution in [-0.4, -0.2) is 24.1 Å². The molecule has 0 fully saturated rings. The average Bonchev–Trinajstić information content (AvgIpc) is 3.13. The Labute approximate surface area is 172 Å². The van der Waals surface area contributed by atoms with E-state index in [9.17, 15) is 18.0 Å². The number of nitrogens with zero attached hydrogens (tertiary/aromatic N) is 5. The van der Waals surface area contributed by atoms with Gasteiger partial charge in [-0.1, -0.05) is 17.7 Å². The van der Waals surface area contributed by atoms with Crippen molar-refractivity contribution in [3.63, 3.8) is 0 Å². The van der Waals surface area contributed by atoms with Gasteiger partial charge in [-0.3, -0.25) is 4.79 Å². The molecule has 0 aliphatic rings. The number of rotatable bonds is 4. The van der Waals surface area contributed by atoms with Crippen LogP contribution in [0.2, 0.25) is 5.02 Å². The number of pyridine rings is 2. The highest BCUT2D eigenvalue weighted by Gasteiger charge is 2.30. The van der Waals surface area contributed by atoms with Crippen LogP contribution in [0.1, 0.15) is 17.0 Å². The van der Waals surface area contributed by atoms with Crippen LogP contribution in [0.5, 0.6) is 0 Å². The summed E-state index contributed by atoms with van der Waals surface area (Å²) in [4.78, 5) is 20.7. The smallest absolute Gasteiger partial charge is 0.377 e. The highest BCUT2D eigenvalue weighted by molar-refractivity contribution is 6.32. The van der Waals surface area contributed by atoms with Crippen molar-refractivity contribution in [3.8, 4) is 5.82 Å². The molecule has 0 aliphatic heterocycles. The molecular weight excluding hydrogens is 421 g/mol. The zero-order valence-electron chi connectivity index (χ0n) is 15.5. The Morgan fingerprint density at radius 3 is 2.63 bits per heavy atom. The maximum atomic E-state index is 12.7. The van der Waals surface area contributed by atoms with Crippen molar-refractivity contribution in [2.45, 2.75) is 19.6 Å². The lowest BCUT2D eigenvalue weighted by Gasteiger charge is -2.10. The Balaban J connectivity index is 1.56. The van der Waals surface area contributed by atoms with Crippen molar-refractivity contribution in [1.29, 1.82) is 0 Å². The van der Waals surface area contributed by atoms with Gasteiger partial charge in [0.15, 0.2) is 5.82 Å². The van der Waals surface area contributed by atoms with E-state index in [1.807, 2.05) is 35.7 Å². The highest BCUT2D eigenvalue weighted by atomic mass is 35.5. The number of nitrogens with one attached hydrogen (secondary N) is 1. The standard InChI is InChI=1S/C19H14ClF3N6O/c1-11-3-2-4-16-27-13(10-28(11)16)8-24-14-9-26-29(18(30)17(14)20)15-6-5-12(7-25-15)19(21,22)23/h2-7,9-10,24H,8H2,1H3. The minimum absolute atomic E-state index is 0.0720. The first-order valence-electron chi connectivity index (χ1n) is 8.73. The number of aryl methyl sites for hydroxylation is 1. The summed E-state index contributed by atoms with van der Waals surface area (Å²) < 4.78 is 40.8. The highest BCUT2D eigenvalue weighted by Crippen LogP contribution is 2.28. The van der Waals surface area contributed by atoms with Gasteiger partial charge in [0.1, 0.15) is 10.7 Å². The summed E-state index contributed by atoms with van der Waals surface area (Å²) in [6.07, 6.45) is -0.711. The van der Waals surface area contributed by atoms with Gasteiger partial charge in [-0.25, -0.2) is 9.97 Å². The number of anilines is 1. The quantitative estimate of drug-likeness (QED) is 0.527. The second kappa shape index (κ2) is 7.45. The van der Waals surface area contributed by atoms with E-state index in [2.05, 4.69) is 20.4 Å². The Bertz CT molecular complexity index is 1280. The molecule has 0 radical (unpaired) electrons. The summed E-state index contributed by atoms with van der Waals surface area (Å²) >= 11 is 6.15. The molecule has 4 heterocycles. The fourth-order valence-electron chi connectivity index (χ4n) is 2.87. The van der Waals surface area contributed by atoms with E-state index in [0.717, 1.165) is 33.8 Å². The van der Waals surface area contributed by atoms with E-state index in [-0.39, 0.29) is 16.5 Å². The Morgan fingerprint density at radius 1 is 1.17 bits per heavy atom. The molecule has 4 aromatic rings. The molecule has 11 heteroatoms. The van der Waals surface area contributed by atoms with Gasteiger partial charge in [-0.2, -0.15) is 23.0 Å². The van der Waals surface area contributed by atoms with Crippen molar-refractivity contribution >= 4 is 22.9 Å². The van der Waals surface area contributed by atoms with Crippen LogP contribution >= 0.6 is 11.6 Å². The van der Waals surface area contributed by atoms with E-state index >= 15 is 0 Å². The number of halogens is 4. The number of fused-ring (bicyclic) bond motifs is 1. The first-order chi connectivity index (χ1) is 14.2.